The van der Waals surface area contributed by atoms with Gasteiger partial charge in [0.15, 0.2) is 0 Å². The van der Waals surface area contributed by atoms with Crippen molar-refractivity contribution >= 4 is 52.3 Å². The number of ether oxygens (including phenoxy) is 1. The molecule has 2 unspecified atom stereocenters. The molecule has 1 amide bonds. The number of amides is 1. The number of carbonyl (C=O) groups excluding carboxylic acids is 1. The molecule has 5 nitrogen and oxygen atoms in total. The molecule has 0 saturated carbocycles. The minimum absolute atomic E-state index is 0. The first-order valence-electron chi connectivity index (χ1n) is 8.75. The number of hydrogen-bond donors (Lipinski definition) is 2. The summed E-state index contributed by atoms with van der Waals surface area (Å²) in [5.74, 6) is 0.720. The van der Waals surface area contributed by atoms with Gasteiger partial charge in [0.25, 0.3) is 0 Å². The number of benzene rings is 1. The molecule has 2 aliphatic rings. The first kappa shape index (κ1) is 23.5. The minimum atomic E-state index is -0.406. The first-order chi connectivity index (χ1) is 11.6. The zero-order valence-electron chi connectivity index (χ0n) is 14.7. The lowest BCUT2D eigenvalue weighted by molar-refractivity contribution is -0.124. The number of nitrogens with zero attached hydrogens (tertiary/aromatic N) is 1. The Hall–Kier alpha value is -0.530. The van der Waals surface area contributed by atoms with E-state index in [0.717, 1.165) is 50.0 Å². The fourth-order valence-corrected chi connectivity index (χ4v) is 3.95. The second-order valence-electron chi connectivity index (χ2n) is 6.80. The quantitative estimate of drug-likeness (QED) is 0.696. The Balaban J connectivity index is 0.00000169. The van der Waals surface area contributed by atoms with E-state index in [1.54, 1.807) is 0 Å². The van der Waals surface area contributed by atoms with Gasteiger partial charge in [0.1, 0.15) is 0 Å². The molecule has 1 aromatic rings. The Kier molecular flexibility index (Phi) is 10.3. The summed E-state index contributed by atoms with van der Waals surface area (Å²) >= 11 is 3.52. The summed E-state index contributed by atoms with van der Waals surface area (Å²) in [6, 6.07) is 7.96. The number of rotatable bonds is 5. The average molecular weight is 469 g/mol. The monoisotopic (exact) mass is 467 g/mol. The van der Waals surface area contributed by atoms with Crippen LogP contribution in [0.25, 0.3) is 0 Å². The Labute approximate surface area is 176 Å². The molecule has 0 spiro atoms. The molecule has 2 saturated heterocycles. The zero-order valence-corrected chi connectivity index (χ0v) is 18.0. The van der Waals surface area contributed by atoms with E-state index in [9.17, 15) is 4.79 Å². The SMILES string of the molecule is Cl.Cl.NC(C(=O)NCC1CCN(c2cccc(Br)c2)C1)C1CCOCC1. The van der Waals surface area contributed by atoms with E-state index in [1.165, 1.54) is 5.69 Å². The molecule has 2 aliphatic heterocycles. The maximum Gasteiger partial charge on any atom is 0.237 e. The van der Waals surface area contributed by atoms with Crippen molar-refractivity contribution in [1.82, 2.24) is 5.32 Å². The van der Waals surface area contributed by atoms with Crippen molar-refractivity contribution in [2.75, 3.05) is 37.7 Å². The molecule has 26 heavy (non-hydrogen) atoms. The van der Waals surface area contributed by atoms with Crippen molar-refractivity contribution in [3.63, 3.8) is 0 Å². The highest BCUT2D eigenvalue weighted by Crippen LogP contribution is 2.26. The van der Waals surface area contributed by atoms with Crippen molar-refractivity contribution in [3.05, 3.63) is 28.7 Å². The van der Waals surface area contributed by atoms with E-state index >= 15 is 0 Å². The molecule has 8 heteroatoms. The molecular formula is C18H28BrCl2N3O2. The molecule has 3 N–H and O–H groups in total. The van der Waals surface area contributed by atoms with Crippen LogP contribution in [-0.2, 0) is 9.53 Å². The molecule has 3 rings (SSSR count). The lowest BCUT2D eigenvalue weighted by atomic mass is 9.92. The molecule has 2 fully saturated rings. The fraction of sp³-hybridized carbons (Fsp3) is 0.611. The van der Waals surface area contributed by atoms with Crippen LogP contribution in [-0.4, -0.2) is 44.8 Å². The van der Waals surface area contributed by atoms with Crippen LogP contribution < -0.4 is 16.0 Å². The third-order valence-corrected chi connectivity index (χ3v) is 5.59. The maximum absolute atomic E-state index is 12.3. The number of nitrogens with one attached hydrogen (secondary N) is 1. The Bertz CT molecular complexity index is 573. The van der Waals surface area contributed by atoms with Gasteiger partial charge in [-0.1, -0.05) is 22.0 Å². The van der Waals surface area contributed by atoms with E-state index in [2.05, 4.69) is 44.3 Å². The molecule has 0 bridgehead atoms. The molecule has 2 heterocycles. The predicted molar refractivity (Wildman–Crippen MR) is 113 cm³/mol. The molecule has 0 radical (unpaired) electrons. The van der Waals surface area contributed by atoms with E-state index < -0.39 is 6.04 Å². The fourth-order valence-electron chi connectivity index (χ4n) is 3.56. The van der Waals surface area contributed by atoms with Crippen molar-refractivity contribution in [2.24, 2.45) is 17.6 Å². The number of hydrogen-bond acceptors (Lipinski definition) is 4. The largest absolute Gasteiger partial charge is 0.381 e. The van der Waals surface area contributed by atoms with Gasteiger partial charge in [-0.25, -0.2) is 0 Å². The maximum atomic E-state index is 12.3. The topological polar surface area (TPSA) is 67.6 Å². The molecule has 148 valence electrons. The molecule has 0 aromatic heterocycles. The summed E-state index contributed by atoms with van der Waals surface area (Å²) in [5.41, 5.74) is 7.36. The first-order valence-corrected chi connectivity index (χ1v) is 9.54. The van der Waals surface area contributed by atoms with Crippen LogP contribution in [0, 0.1) is 11.8 Å². The number of carbonyl (C=O) groups is 1. The normalized spacial score (nSPS) is 21.5. The summed E-state index contributed by atoms with van der Waals surface area (Å²) in [7, 11) is 0. The number of halogens is 3. The van der Waals surface area contributed by atoms with Crippen LogP contribution >= 0.6 is 40.7 Å². The summed E-state index contributed by atoms with van der Waals surface area (Å²) in [4.78, 5) is 14.7. The van der Waals surface area contributed by atoms with Gasteiger partial charge in [-0.3, -0.25) is 4.79 Å². The Morgan fingerprint density at radius 3 is 2.73 bits per heavy atom. The molecule has 1 aromatic carbocycles. The van der Waals surface area contributed by atoms with Gasteiger partial charge >= 0.3 is 0 Å². The van der Waals surface area contributed by atoms with Gasteiger partial charge in [0, 0.05) is 43.0 Å². The molecule has 2 atom stereocenters. The van der Waals surface area contributed by atoms with E-state index in [4.69, 9.17) is 10.5 Å². The van der Waals surface area contributed by atoms with E-state index in [1.807, 2.05) is 6.07 Å². The average Bonchev–Trinajstić information content (AvgIpc) is 3.09. The van der Waals surface area contributed by atoms with Gasteiger partial charge in [0.05, 0.1) is 6.04 Å². The third kappa shape index (κ3) is 6.27. The van der Waals surface area contributed by atoms with Crippen LogP contribution in [0.4, 0.5) is 5.69 Å². The highest BCUT2D eigenvalue weighted by molar-refractivity contribution is 9.10. The van der Waals surface area contributed by atoms with Crippen molar-refractivity contribution in [3.8, 4) is 0 Å². The van der Waals surface area contributed by atoms with Crippen molar-refractivity contribution in [2.45, 2.75) is 25.3 Å². The third-order valence-electron chi connectivity index (χ3n) is 5.10. The Morgan fingerprint density at radius 1 is 1.31 bits per heavy atom. The smallest absolute Gasteiger partial charge is 0.237 e. The van der Waals surface area contributed by atoms with Gasteiger partial charge in [-0.2, -0.15) is 0 Å². The lowest BCUT2D eigenvalue weighted by Crippen LogP contribution is -2.48. The van der Waals surface area contributed by atoms with E-state index in [0.29, 0.717) is 12.5 Å². The minimum Gasteiger partial charge on any atom is -0.381 e. The second kappa shape index (κ2) is 11.3. The predicted octanol–water partition coefficient (Wildman–Crippen LogP) is 2.99. The lowest BCUT2D eigenvalue weighted by Gasteiger charge is -2.27. The van der Waals surface area contributed by atoms with Gasteiger partial charge < -0.3 is 20.7 Å². The molecule has 0 aliphatic carbocycles. The van der Waals surface area contributed by atoms with Crippen molar-refractivity contribution < 1.29 is 9.53 Å². The van der Waals surface area contributed by atoms with Gasteiger partial charge in [-0.05, 0) is 49.3 Å². The summed E-state index contributed by atoms with van der Waals surface area (Å²) in [6.07, 6.45) is 2.86. The van der Waals surface area contributed by atoms with Crippen molar-refractivity contribution in [1.29, 1.82) is 0 Å². The number of nitrogens with two attached hydrogens (primary N) is 1. The highest BCUT2D eigenvalue weighted by atomic mass is 79.9. The second-order valence-corrected chi connectivity index (χ2v) is 7.72. The van der Waals surface area contributed by atoms with E-state index in [-0.39, 0.29) is 36.6 Å². The summed E-state index contributed by atoms with van der Waals surface area (Å²) < 4.78 is 6.43. The van der Waals surface area contributed by atoms with Crippen LogP contribution in [0.3, 0.4) is 0 Å². The van der Waals surface area contributed by atoms with Crippen LogP contribution in [0.2, 0.25) is 0 Å². The summed E-state index contributed by atoms with van der Waals surface area (Å²) in [5, 5.41) is 3.06. The molecular weight excluding hydrogens is 441 g/mol. The zero-order chi connectivity index (χ0) is 16.9. The standard InChI is InChI=1S/C18H26BrN3O2.2ClH/c19-15-2-1-3-16(10-15)22-7-4-13(12-22)11-21-18(23)17(20)14-5-8-24-9-6-14;;/h1-3,10,13-14,17H,4-9,11-12,20H2,(H,21,23);2*1H. The van der Waals surface area contributed by atoms with Crippen LogP contribution in [0.5, 0.6) is 0 Å². The van der Waals surface area contributed by atoms with Gasteiger partial charge in [0.2, 0.25) is 5.91 Å². The highest BCUT2D eigenvalue weighted by Gasteiger charge is 2.28. The Morgan fingerprint density at radius 2 is 2.04 bits per heavy atom. The van der Waals surface area contributed by atoms with Crippen LogP contribution in [0.15, 0.2) is 28.7 Å². The summed E-state index contributed by atoms with van der Waals surface area (Å²) in [6.45, 7) is 4.15. The number of anilines is 1. The van der Waals surface area contributed by atoms with Crippen LogP contribution in [0.1, 0.15) is 19.3 Å². The van der Waals surface area contributed by atoms with Gasteiger partial charge in [-0.15, -0.1) is 24.8 Å².